The first-order valence-electron chi connectivity index (χ1n) is 6.70. The van der Waals surface area contributed by atoms with Crippen molar-refractivity contribution >= 4 is 11.7 Å². The van der Waals surface area contributed by atoms with E-state index in [2.05, 4.69) is 30.9 Å². The van der Waals surface area contributed by atoms with Crippen molar-refractivity contribution in [2.24, 2.45) is 0 Å². The van der Waals surface area contributed by atoms with Crippen molar-refractivity contribution < 1.29 is 9.90 Å². The SMILES string of the molecule is Cc1cc2c(cc1C)CN(c1cccc(C(=O)[O-])c1)C2. The summed E-state index contributed by atoms with van der Waals surface area (Å²) in [4.78, 5) is 13.1. The number of carbonyl (C=O) groups is 1. The van der Waals surface area contributed by atoms with E-state index in [9.17, 15) is 9.90 Å². The molecule has 20 heavy (non-hydrogen) atoms. The molecule has 1 aliphatic rings. The standard InChI is InChI=1S/C17H17NO2/c1-11-6-14-9-18(10-15(14)7-12(11)2)16-5-3-4-13(8-16)17(19)20/h3-8H,9-10H2,1-2H3,(H,19,20)/p-1. The number of fused-ring (bicyclic) bond motifs is 1. The van der Waals surface area contributed by atoms with E-state index in [1.54, 1.807) is 18.2 Å². The topological polar surface area (TPSA) is 43.4 Å². The summed E-state index contributed by atoms with van der Waals surface area (Å²) >= 11 is 0. The van der Waals surface area contributed by atoms with Gasteiger partial charge in [-0.05, 0) is 53.8 Å². The summed E-state index contributed by atoms with van der Waals surface area (Å²) < 4.78 is 0. The predicted octanol–water partition coefficient (Wildman–Crippen LogP) is 2.19. The van der Waals surface area contributed by atoms with Crippen LogP contribution in [-0.4, -0.2) is 5.97 Å². The van der Waals surface area contributed by atoms with E-state index < -0.39 is 5.97 Å². The van der Waals surface area contributed by atoms with E-state index in [4.69, 9.17) is 0 Å². The number of nitrogens with zero attached hydrogens (tertiary/aromatic N) is 1. The van der Waals surface area contributed by atoms with E-state index in [1.165, 1.54) is 22.3 Å². The number of aryl methyl sites for hydroxylation is 2. The van der Waals surface area contributed by atoms with Crippen molar-refractivity contribution in [2.45, 2.75) is 26.9 Å². The molecule has 0 saturated heterocycles. The molecule has 0 aliphatic carbocycles. The summed E-state index contributed by atoms with van der Waals surface area (Å²) in [5.41, 5.74) is 6.41. The van der Waals surface area contributed by atoms with Crippen LogP contribution in [0.25, 0.3) is 0 Å². The third-order valence-electron chi connectivity index (χ3n) is 3.99. The molecule has 102 valence electrons. The molecule has 3 rings (SSSR count). The third-order valence-corrected chi connectivity index (χ3v) is 3.99. The van der Waals surface area contributed by atoms with Gasteiger partial charge in [0.25, 0.3) is 0 Å². The Balaban J connectivity index is 1.92. The number of carboxylic acid groups (broad SMARTS) is 1. The predicted molar refractivity (Wildman–Crippen MR) is 76.6 cm³/mol. The molecule has 0 bridgehead atoms. The molecule has 2 aromatic rings. The van der Waals surface area contributed by atoms with Gasteiger partial charge >= 0.3 is 0 Å². The van der Waals surface area contributed by atoms with Gasteiger partial charge in [-0.2, -0.15) is 0 Å². The van der Waals surface area contributed by atoms with Gasteiger partial charge in [0.1, 0.15) is 0 Å². The Bertz CT molecular complexity index is 660. The number of aromatic carboxylic acids is 1. The molecule has 3 nitrogen and oxygen atoms in total. The van der Waals surface area contributed by atoms with Gasteiger partial charge in [-0.15, -0.1) is 0 Å². The summed E-state index contributed by atoms with van der Waals surface area (Å²) in [6.07, 6.45) is 0. The summed E-state index contributed by atoms with van der Waals surface area (Å²) in [6, 6.07) is 11.4. The van der Waals surface area contributed by atoms with Crippen molar-refractivity contribution in [3.05, 3.63) is 64.2 Å². The molecule has 0 N–H and O–H groups in total. The van der Waals surface area contributed by atoms with Gasteiger partial charge in [-0.1, -0.05) is 24.3 Å². The number of hydrogen-bond acceptors (Lipinski definition) is 3. The Kier molecular flexibility index (Phi) is 2.97. The third kappa shape index (κ3) is 2.16. The lowest BCUT2D eigenvalue weighted by molar-refractivity contribution is -0.255. The van der Waals surface area contributed by atoms with Crippen LogP contribution in [-0.2, 0) is 13.1 Å². The van der Waals surface area contributed by atoms with E-state index in [0.29, 0.717) is 0 Å². The molecule has 0 saturated carbocycles. The second-order valence-electron chi connectivity index (χ2n) is 5.40. The first kappa shape index (κ1) is 12.7. The van der Waals surface area contributed by atoms with Crippen molar-refractivity contribution in [1.29, 1.82) is 0 Å². The molecule has 3 heteroatoms. The van der Waals surface area contributed by atoms with Crippen LogP contribution in [0.1, 0.15) is 32.6 Å². The van der Waals surface area contributed by atoms with E-state index in [0.717, 1.165) is 18.8 Å². The molecule has 1 aliphatic heterocycles. The summed E-state index contributed by atoms with van der Waals surface area (Å²) in [5.74, 6) is -1.13. The zero-order chi connectivity index (χ0) is 14.3. The molecule has 1 heterocycles. The van der Waals surface area contributed by atoms with E-state index >= 15 is 0 Å². The van der Waals surface area contributed by atoms with Crippen molar-refractivity contribution in [1.82, 2.24) is 0 Å². The number of carboxylic acids is 1. The lowest BCUT2D eigenvalue weighted by atomic mass is 10.0. The maximum absolute atomic E-state index is 10.9. The van der Waals surface area contributed by atoms with Gasteiger partial charge in [0.15, 0.2) is 0 Å². The maximum Gasteiger partial charge on any atom is 0.0716 e. The Hall–Kier alpha value is -2.29. The second-order valence-corrected chi connectivity index (χ2v) is 5.40. The summed E-state index contributed by atoms with van der Waals surface area (Å²) in [5, 5.41) is 10.9. The van der Waals surface area contributed by atoms with Crippen LogP contribution in [0.15, 0.2) is 36.4 Å². The van der Waals surface area contributed by atoms with E-state index in [-0.39, 0.29) is 5.56 Å². The molecule has 0 spiro atoms. The first-order valence-corrected chi connectivity index (χ1v) is 6.70. The monoisotopic (exact) mass is 266 g/mol. The molecule has 0 fully saturated rings. The zero-order valence-electron chi connectivity index (χ0n) is 11.6. The summed E-state index contributed by atoms with van der Waals surface area (Å²) in [7, 11) is 0. The minimum absolute atomic E-state index is 0.228. The average Bonchev–Trinajstić information content (AvgIpc) is 2.82. The largest absolute Gasteiger partial charge is 0.545 e. The highest BCUT2D eigenvalue weighted by Gasteiger charge is 2.20. The van der Waals surface area contributed by atoms with Gasteiger partial charge in [0, 0.05) is 18.8 Å². The normalized spacial score (nSPS) is 13.4. The van der Waals surface area contributed by atoms with Crippen LogP contribution in [0.4, 0.5) is 5.69 Å². The summed E-state index contributed by atoms with van der Waals surface area (Å²) in [6.45, 7) is 5.89. The van der Waals surface area contributed by atoms with Crippen LogP contribution >= 0.6 is 0 Å². The van der Waals surface area contributed by atoms with Crippen LogP contribution < -0.4 is 10.0 Å². The fourth-order valence-corrected chi connectivity index (χ4v) is 2.71. The molecule has 0 amide bonds. The average molecular weight is 266 g/mol. The van der Waals surface area contributed by atoms with Gasteiger partial charge < -0.3 is 14.8 Å². The molecule has 0 atom stereocenters. The number of rotatable bonds is 2. The van der Waals surface area contributed by atoms with Crippen LogP contribution in [0.3, 0.4) is 0 Å². The molecule has 2 aromatic carbocycles. The number of carbonyl (C=O) groups excluding carboxylic acids is 1. The van der Waals surface area contributed by atoms with Crippen molar-refractivity contribution in [3.8, 4) is 0 Å². The van der Waals surface area contributed by atoms with Gasteiger partial charge in [0.05, 0.1) is 5.97 Å². The number of hydrogen-bond donors (Lipinski definition) is 0. The van der Waals surface area contributed by atoms with Crippen LogP contribution in [0, 0.1) is 13.8 Å². The second kappa shape index (κ2) is 4.67. The Morgan fingerprint density at radius 2 is 1.65 bits per heavy atom. The zero-order valence-corrected chi connectivity index (χ0v) is 11.6. The molecule has 0 unspecified atom stereocenters. The van der Waals surface area contributed by atoms with Crippen molar-refractivity contribution in [2.75, 3.05) is 4.90 Å². The van der Waals surface area contributed by atoms with Crippen LogP contribution in [0.2, 0.25) is 0 Å². The van der Waals surface area contributed by atoms with Gasteiger partial charge in [-0.25, -0.2) is 0 Å². The fraction of sp³-hybridized carbons (Fsp3) is 0.235. The lowest BCUT2D eigenvalue weighted by Crippen LogP contribution is -2.23. The molecular weight excluding hydrogens is 250 g/mol. The highest BCUT2D eigenvalue weighted by atomic mass is 16.4. The maximum atomic E-state index is 10.9. The number of anilines is 1. The minimum atomic E-state index is -1.13. The molecule has 0 aromatic heterocycles. The smallest absolute Gasteiger partial charge is 0.0716 e. The fourth-order valence-electron chi connectivity index (χ4n) is 2.71. The quantitative estimate of drug-likeness (QED) is 0.837. The Labute approximate surface area is 118 Å². The highest BCUT2D eigenvalue weighted by molar-refractivity contribution is 5.87. The molecule has 0 radical (unpaired) electrons. The van der Waals surface area contributed by atoms with Crippen molar-refractivity contribution in [3.63, 3.8) is 0 Å². The minimum Gasteiger partial charge on any atom is -0.545 e. The Morgan fingerprint density at radius 1 is 1.05 bits per heavy atom. The van der Waals surface area contributed by atoms with Gasteiger partial charge in [-0.3, -0.25) is 0 Å². The lowest BCUT2D eigenvalue weighted by Gasteiger charge is -2.18. The highest BCUT2D eigenvalue weighted by Crippen LogP contribution is 2.30. The van der Waals surface area contributed by atoms with E-state index in [1.807, 2.05) is 6.07 Å². The number of benzene rings is 2. The molecular formula is C17H16NO2-. The van der Waals surface area contributed by atoms with Crippen LogP contribution in [0.5, 0.6) is 0 Å². The Morgan fingerprint density at radius 3 is 2.20 bits per heavy atom. The van der Waals surface area contributed by atoms with Gasteiger partial charge in [0.2, 0.25) is 0 Å². The first-order chi connectivity index (χ1) is 9.54.